The second-order valence-electron chi connectivity index (χ2n) is 8.09. The first-order valence-corrected chi connectivity index (χ1v) is 10.2. The molecular formula is C26H23F3N2O2. The van der Waals surface area contributed by atoms with Crippen LogP contribution in [0.3, 0.4) is 0 Å². The predicted molar refractivity (Wildman–Crippen MR) is 122 cm³/mol. The number of anilines is 2. The number of aryl methyl sites for hydroxylation is 1. The van der Waals surface area contributed by atoms with Crippen LogP contribution in [0.5, 0.6) is 0 Å². The number of nitrogens with zero attached hydrogens (tertiary/aromatic N) is 2. The van der Waals surface area contributed by atoms with E-state index in [2.05, 4.69) is 4.85 Å². The highest BCUT2D eigenvalue weighted by molar-refractivity contribution is 5.90. The molecule has 7 heteroatoms. The predicted octanol–water partition coefficient (Wildman–Crippen LogP) is 6.27. The number of hydrogen-bond acceptors (Lipinski definition) is 3. The fraction of sp³-hybridized carbons (Fsp3) is 0.231. The fourth-order valence-corrected chi connectivity index (χ4v) is 3.45. The first-order valence-electron chi connectivity index (χ1n) is 10.2. The third-order valence-electron chi connectivity index (χ3n) is 5.33. The zero-order chi connectivity index (χ0) is 24.2. The van der Waals surface area contributed by atoms with Gasteiger partial charge >= 0.3 is 6.18 Å². The van der Waals surface area contributed by atoms with Crippen molar-refractivity contribution in [2.24, 2.45) is 0 Å². The van der Waals surface area contributed by atoms with Gasteiger partial charge in [0.05, 0.1) is 18.7 Å². The molecule has 0 unspecified atom stereocenters. The van der Waals surface area contributed by atoms with E-state index < -0.39 is 35.2 Å². The lowest BCUT2D eigenvalue weighted by Crippen LogP contribution is -2.46. The smallest absolute Gasteiger partial charge is 0.380 e. The Morgan fingerprint density at radius 3 is 2.18 bits per heavy atom. The highest BCUT2D eigenvalue weighted by atomic mass is 19.4. The van der Waals surface area contributed by atoms with Gasteiger partial charge in [0.2, 0.25) is 0 Å². The Hall–Kier alpha value is -3.63. The summed E-state index contributed by atoms with van der Waals surface area (Å²) in [6.07, 6.45) is -5.11. The minimum Gasteiger partial charge on any atom is -0.380 e. The molecule has 0 saturated heterocycles. The molecule has 0 aromatic heterocycles. The van der Waals surface area contributed by atoms with Crippen LogP contribution < -0.4 is 4.90 Å². The molecule has 0 radical (unpaired) electrons. The van der Waals surface area contributed by atoms with Gasteiger partial charge < -0.3 is 10.0 Å². The maximum Gasteiger partial charge on any atom is 0.407 e. The molecule has 170 valence electrons. The van der Waals surface area contributed by atoms with Gasteiger partial charge in [-0.15, -0.1) is 0 Å². The van der Waals surface area contributed by atoms with Crippen molar-refractivity contribution in [3.05, 3.63) is 101 Å². The highest BCUT2D eigenvalue weighted by Crippen LogP contribution is 2.37. The summed E-state index contributed by atoms with van der Waals surface area (Å²) in [6.45, 7) is 10.2. The van der Waals surface area contributed by atoms with Crippen molar-refractivity contribution < 1.29 is 23.1 Å². The molecular weight excluding hydrogens is 429 g/mol. The van der Waals surface area contributed by atoms with Gasteiger partial charge in [0, 0.05) is 17.8 Å². The molecule has 0 aliphatic rings. The molecule has 0 saturated carbocycles. The zero-order valence-corrected chi connectivity index (χ0v) is 18.2. The van der Waals surface area contributed by atoms with E-state index in [9.17, 15) is 23.1 Å². The van der Waals surface area contributed by atoms with Gasteiger partial charge in [-0.05, 0) is 43.7 Å². The van der Waals surface area contributed by atoms with Crippen molar-refractivity contribution in [1.82, 2.24) is 0 Å². The first-order chi connectivity index (χ1) is 15.5. The van der Waals surface area contributed by atoms with Crippen molar-refractivity contribution in [1.29, 1.82) is 0 Å². The number of carbonyl (C=O) groups excluding carboxylic acids is 1. The van der Waals surface area contributed by atoms with Gasteiger partial charge in [-0.25, -0.2) is 4.85 Å². The molecule has 1 atom stereocenters. The Morgan fingerprint density at radius 1 is 1.00 bits per heavy atom. The number of rotatable bonds is 7. The maximum atomic E-state index is 13.3. The van der Waals surface area contributed by atoms with Gasteiger partial charge in [-0.1, -0.05) is 54.1 Å². The molecule has 0 aliphatic heterocycles. The lowest BCUT2D eigenvalue weighted by atomic mass is 9.93. The van der Waals surface area contributed by atoms with Crippen LogP contribution in [-0.4, -0.2) is 23.0 Å². The van der Waals surface area contributed by atoms with Crippen LogP contribution >= 0.6 is 0 Å². The van der Waals surface area contributed by atoms with Crippen LogP contribution in [0.25, 0.3) is 4.85 Å². The Morgan fingerprint density at radius 2 is 1.61 bits per heavy atom. The van der Waals surface area contributed by atoms with Gasteiger partial charge in [0.1, 0.15) is 5.60 Å². The molecule has 3 rings (SSSR count). The number of halogens is 3. The minimum atomic E-state index is -4.71. The van der Waals surface area contributed by atoms with Crippen LogP contribution in [0.1, 0.15) is 23.6 Å². The van der Waals surface area contributed by atoms with Crippen molar-refractivity contribution in [3.8, 4) is 0 Å². The number of aliphatic hydroxyl groups is 1. The summed E-state index contributed by atoms with van der Waals surface area (Å²) in [6, 6.07) is 20.0. The quantitative estimate of drug-likeness (QED) is 0.430. The third kappa shape index (κ3) is 5.79. The van der Waals surface area contributed by atoms with Crippen LogP contribution in [-0.2, 0) is 17.4 Å². The molecule has 33 heavy (non-hydrogen) atoms. The van der Waals surface area contributed by atoms with Crippen molar-refractivity contribution in [3.63, 3.8) is 0 Å². The van der Waals surface area contributed by atoms with Gasteiger partial charge in [0.15, 0.2) is 11.5 Å². The summed E-state index contributed by atoms with van der Waals surface area (Å²) >= 11 is 0. The SMILES string of the molecule is [C-]#[N+]c1ccc(CC(=O)[C@@](C)(O)CN(c2ccccc2)c2ccc(C)cc2)cc1C(F)(F)F. The molecule has 3 aromatic carbocycles. The van der Waals surface area contributed by atoms with Crippen LogP contribution in [0.2, 0.25) is 0 Å². The second-order valence-corrected chi connectivity index (χ2v) is 8.09. The number of para-hydroxylation sites is 1. The Labute approximate surface area is 190 Å². The minimum absolute atomic E-state index is 0.0848. The summed E-state index contributed by atoms with van der Waals surface area (Å²) in [5.74, 6) is -0.626. The van der Waals surface area contributed by atoms with Gasteiger partial charge in [-0.2, -0.15) is 13.2 Å². The number of carbonyl (C=O) groups is 1. The van der Waals surface area contributed by atoms with E-state index in [1.807, 2.05) is 61.5 Å². The average Bonchev–Trinajstić information content (AvgIpc) is 2.78. The molecule has 0 spiro atoms. The maximum absolute atomic E-state index is 13.3. The lowest BCUT2D eigenvalue weighted by Gasteiger charge is -2.32. The monoisotopic (exact) mass is 452 g/mol. The molecule has 0 bridgehead atoms. The summed E-state index contributed by atoms with van der Waals surface area (Å²) < 4.78 is 39.8. The molecule has 3 aromatic rings. The van der Waals surface area contributed by atoms with E-state index in [0.29, 0.717) is 0 Å². The number of ketones is 1. The molecule has 1 N–H and O–H groups in total. The average molecular weight is 452 g/mol. The Balaban J connectivity index is 1.88. The Bertz CT molecular complexity index is 1160. The van der Waals surface area contributed by atoms with E-state index in [4.69, 9.17) is 6.57 Å². The first kappa shape index (κ1) is 24.0. The lowest BCUT2D eigenvalue weighted by molar-refractivity contribution is -0.137. The van der Waals surface area contributed by atoms with Crippen molar-refractivity contribution in [2.45, 2.75) is 32.0 Å². The largest absolute Gasteiger partial charge is 0.407 e. The van der Waals surface area contributed by atoms with E-state index in [1.165, 1.54) is 13.0 Å². The molecule has 0 amide bonds. The van der Waals surface area contributed by atoms with Crippen LogP contribution in [0.15, 0.2) is 72.8 Å². The number of benzene rings is 3. The number of Topliss-reactive ketones (excluding diaryl/α,β-unsaturated/α-hetero) is 1. The van der Waals surface area contributed by atoms with Crippen molar-refractivity contribution in [2.75, 3.05) is 11.4 Å². The summed E-state index contributed by atoms with van der Waals surface area (Å²) in [7, 11) is 0. The summed E-state index contributed by atoms with van der Waals surface area (Å²) in [5, 5.41) is 11.1. The zero-order valence-electron chi connectivity index (χ0n) is 18.2. The van der Waals surface area contributed by atoms with E-state index in [1.54, 1.807) is 4.90 Å². The summed E-state index contributed by atoms with van der Waals surface area (Å²) in [4.78, 5) is 17.7. The van der Waals surface area contributed by atoms with Crippen LogP contribution in [0.4, 0.5) is 30.2 Å². The second kappa shape index (κ2) is 9.47. The Kier molecular flexibility index (Phi) is 6.89. The molecule has 0 fully saturated rings. The number of alkyl halides is 3. The topological polar surface area (TPSA) is 44.9 Å². The normalized spacial score (nSPS) is 13.1. The standard InChI is InChI=1S/C26H23F3N2O2/c1-18-9-12-21(13-10-18)31(20-7-5-4-6-8-20)17-25(2,33)24(32)16-19-11-14-23(30-3)22(15-19)26(27,28)29/h4-15,33H,16-17H2,1-2H3/t25-/m0/s1. The van der Waals surface area contributed by atoms with Crippen LogP contribution in [0, 0.1) is 13.5 Å². The van der Waals surface area contributed by atoms with E-state index in [-0.39, 0.29) is 12.1 Å². The highest BCUT2D eigenvalue weighted by Gasteiger charge is 2.36. The molecule has 4 nitrogen and oxygen atoms in total. The van der Waals surface area contributed by atoms with E-state index >= 15 is 0 Å². The summed E-state index contributed by atoms with van der Waals surface area (Å²) in [5.41, 5.74) is -0.805. The van der Waals surface area contributed by atoms with Gasteiger partial charge in [-0.3, -0.25) is 4.79 Å². The molecule has 0 aliphatic carbocycles. The fourth-order valence-electron chi connectivity index (χ4n) is 3.45. The van der Waals surface area contributed by atoms with Crippen molar-refractivity contribution >= 4 is 22.8 Å². The van der Waals surface area contributed by atoms with E-state index in [0.717, 1.165) is 29.1 Å². The third-order valence-corrected chi connectivity index (χ3v) is 5.33. The van der Waals surface area contributed by atoms with Gasteiger partial charge in [0.25, 0.3) is 0 Å². The molecule has 0 heterocycles. The number of hydrogen-bond donors (Lipinski definition) is 1.